The fourth-order valence-corrected chi connectivity index (χ4v) is 3.17. The molecule has 3 rings (SSSR count). The minimum atomic E-state index is -0.523. The van der Waals surface area contributed by atoms with E-state index in [1.165, 1.54) is 34.6 Å². The van der Waals surface area contributed by atoms with E-state index >= 15 is 0 Å². The van der Waals surface area contributed by atoms with E-state index in [1.807, 2.05) is 26.0 Å². The van der Waals surface area contributed by atoms with Crippen LogP contribution < -0.4 is 10.4 Å². The van der Waals surface area contributed by atoms with Crippen LogP contribution in [0.2, 0.25) is 0 Å². The number of carbonyl (C=O) groups is 1. The van der Waals surface area contributed by atoms with Crippen molar-refractivity contribution >= 4 is 11.9 Å². The summed E-state index contributed by atoms with van der Waals surface area (Å²) < 4.78 is 21.5. The minimum Gasteiger partial charge on any atom is -0.494 e. The van der Waals surface area contributed by atoms with Crippen LogP contribution >= 0.6 is 0 Å². The lowest BCUT2D eigenvalue weighted by molar-refractivity contribution is -0.120. The van der Waals surface area contributed by atoms with Crippen LogP contribution in [-0.4, -0.2) is 27.2 Å². The lowest BCUT2D eigenvalue weighted by Gasteiger charge is -2.08. The van der Waals surface area contributed by atoms with E-state index in [2.05, 4.69) is 11.7 Å². The van der Waals surface area contributed by atoms with Crippen LogP contribution in [0.1, 0.15) is 25.8 Å². The number of methoxy groups -OCH3 is 1. The predicted octanol–water partition coefficient (Wildman–Crippen LogP) is 4.11. The van der Waals surface area contributed by atoms with Crippen molar-refractivity contribution in [2.75, 3.05) is 7.11 Å². The Morgan fingerprint density at radius 1 is 1.23 bits per heavy atom. The summed E-state index contributed by atoms with van der Waals surface area (Å²) in [6.45, 7) is 7.49. The number of ether oxygens (including phenoxy) is 1. The summed E-state index contributed by atoms with van der Waals surface area (Å²) in [7, 11) is 1.36. The summed E-state index contributed by atoms with van der Waals surface area (Å²) in [6.07, 6.45) is 2.05. The van der Waals surface area contributed by atoms with Gasteiger partial charge in [0.1, 0.15) is 0 Å². The summed E-state index contributed by atoms with van der Waals surface area (Å²) in [5, 5.41) is 4.45. The van der Waals surface area contributed by atoms with Gasteiger partial charge in [-0.05, 0) is 41.8 Å². The first-order chi connectivity index (χ1) is 14.3. The highest BCUT2D eigenvalue weighted by Gasteiger charge is 2.20. The van der Waals surface area contributed by atoms with Crippen molar-refractivity contribution in [1.82, 2.24) is 14.3 Å². The van der Waals surface area contributed by atoms with Crippen LogP contribution in [-0.2, 0) is 11.3 Å². The number of hydrogen-bond acceptors (Lipinski definition) is 4. The highest BCUT2D eigenvalue weighted by atomic mass is 19.1. The molecule has 3 aromatic rings. The molecule has 1 aromatic heterocycles. The molecule has 1 heterocycles. The molecule has 2 aromatic carbocycles. The summed E-state index contributed by atoms with van der Waals surface area (Å²) in [5.74, 6) is -0.133. The summed E-state index contributed by atoms with van der Waals surface area (Å²) in [5.41, 5.74) is 1.48. The Hall–Kier alpha value is -3.48. The molecule has 0 aliphatic carbocycles. The van der Waals surface area contributed by atoms with Gasteiger partial charge in [0.2, 0.25) is 0 Å². The molecule has 0 fully saturated rings. The Labute approximate surface area is 174 Å². The summed E-state index contributed by atoms with van der Waals surface area (Å²) in [6, 6.07) is 11.4. The van der Waals surface area contributed by atoms with Gasteiger partial charge in [0.05, 0.1) is 19.3 Å². The first-order valence-electron chi connectivity index (χ1n) is 9.62. The molecule has 0 bridgehead atoms. The van der Waals surface area contributed by atoms with E-state index < -0.39 is 11.5 Å². The summed E-state index contributed by atoms with van der Waals surface area (Å²) >= 11 is 0. The Morgan fingerprint density at radius 3 is 2.53 bits per heavy atom. The largest absolute Gasteiger partial charge is 0.494 e. The molecular formula is C23H24FN3O3. The van der Waals surface area contributed by atoms with Gasteiger partial charge >= 0.3 is 5.69 Å². The standard InChI is InChI=1S/C23H24FN3O3/c1-5-16-6-9-18(10-7-16)27-23(29)26(14-19(28)12-15(2)3)22(25-27)17-8-11-20(24)21(13-17)30-4/h5-11,13,15H,1,12,14H2,2-4H3. The minimum absolute atomic E-state index is 0.0323. The van der Waals surface area contributed by atoms with E-state index in [0.29, 0.717) is 17.7 Å². The number of carbonyl (C=O) groups excluding carboxylic acids is 1. The zero-order chi connectivity index (χ0) is 21.8. The van der Waals surface area contributed by atoms with Gasteiger partial charge in [-0.25, -0.2) is 9.18 Å². The molecule has 0 unspecified atom stereocenters. The zero-order valence-corrected chi connectivity index (χ0v) is 17.3. The van der Waals surface area contributed by atoms with Crippen molar-refractivity contribution < 1.29 is 13.9 Å². The molecule has 0 amide bonds. The van der Waals surface area contributed by atoms with Crippen LogP contribution in [0.25, 0.3) is 23.2 Å². The number of ketones is 1. The molecule has 0 saturated heterocycles. The number of hydrogen-bond donors (Lipinski definition) is 0. The van der Waals surface area contributed by atoms with Gasteiger partial charge in [0.15, 0.2) is 23.2 Å². The summed E-state index contributed by atoms with van der Waals surface area (Å²) in [4.78, 5) is 25.6. The Balaban J connectivity index is 2.14. The van der Waals surface area contributed by atoms with E-state index in [0.717, 1.165) is 5.56 Å². The van der Waals surface area contributed by atoms with E-state index in [1.54, 1.807) is 18.2 Å². The Kier molecular flexibility index (Phi) is 6.30. The third kappa shape index (κ3) is 4.40. The van der Waals surface area contributed by atoms with Crippen molar-refractivity contribution in [3.63, 3.8) is 0 Å². The van der Waals surface area contributed by atoms with Gasteiger partial charge < -0.3 is 4.74 Å². The van der Waals surface area contributed by atoms with Gasteiger partial charge in [-0.15, -0.1) is 5.10 Å². The smallest absolute Gasteiger partial charge is 0.351 e. The SMILES string of the molecule is C=Cc1ccc(-n2nc(-c3ccc(F)c(OC)c3)n(CC(=O)CC(C)C)c2=O)cc1. The van der Waals surface area contributed by atoms with Crippen molar-refractivity contribution in [3.05, 3.63) is 70.9 Å². The molecule has 0 spiro atoms. The number of Topliss-reactive ketones (excluding diaryl/α,β-unsaturated/α-hetero) is 1. The topological polar surface area (TPSA) is 66.1 Å². The first-order valence-corrected chi connectivity index (χ1v) is 9.62. The van der Waals surface area contributed by atoms with Crippen LogP contribution in [0.3, 0.4) is 0 Å². The van der Waals surface area contributed by atoms with Gasteiger partial charge in [-0.1, -0.05) is 38.6 Å². The molecule has 0 radical (unpaired) electrons. The highest BCUT2D eigenvalue weighted by Crippen LogP contribution is 2.25. The average molecular weight is 409 g/mol. The van der Waals surface area contributed by atoms with Crippen LogP contribution in [0.4, 0.5) is 4.39 Å². The lowest BCUT2D eigenvalue weighted by atomic mass is 10.1. The maximum atomic E-state index is 13.9. The van der Waals surface area contributed by atoms with Crippen LogP contribution in [0.5, 0.6) is 5.75 Å². The molecule has 30 heavy (non-hydrogen) atoms. The number of benzene rings is 2. The molecule has 0 saturated carbocycles. The number of nitrogens with zero attached hydrogens (tertiary/aromatic N) is 3. The Morgan fingerprint density at radius 2 is 1.93 bits per heavy atom. The second kappa shape index (κ2) is 8.90. The van der Waals surface area contributed by atoms with Crippen molar-refractivity contribution in [2.24, 2.45) is 5.92 Å². The van der Waals surface area contributed by atoms with Crippen molar-refractivity contribution in [2.45, 2.75) is 26.8 Å². The average Bonchev–Trinajstić information content (AvgIpc) is 3.04. The molecule has 0 N–H and O–H groups in total. The molecule has 6 nitrogen and oxygen atoms in total. The predicted molar refractivity (Wildman–Crippen MR) is 114 cm³/mol. The third-order valence-corrected chi connectivity index (χ3v) is 4.62. The van der Waals surface area contributed by atoms with Gasteiger partial charge in [-0.3, -0.25) is 9.36 Å². The second-order valence-corrected chi connectivity index (χ2v) is 7.39. The zero-order valence-electron chi connectivity index (χ0n) is 17.3. The monoisotopic (exact) mass is 409 g/mol. The van der Waals surface area contributed by atoms with Crippen molar-refractivity contribution in [3.8, 4) is 22.8 Å². The lowest BCUT2D eigenvalue weighted by Crippen LogP contribution is -2.27. The number of aromatic nitrogens is 3. The second-order valence-electron chi connectivity index (χ2n) is 7.39. The van der Waals surface area contributed by atoms with E-state index in [9.17, 15) is 14.0 Å². The van der Waals surface area contributed by atoms with Gasteiger partial charge in [-0.2, -0.15) is 4.68 Å². The normalized spacial score (nSPS) is 11.0. The Bertz CT molecular complexity index is 1130. The van der Waals surface area contributed by atoms with E-state index in [-0.39, 0.29) is 29.8 Å². The molecule has 7 heteroatoms. The molecule has 0 atom stereocenters. The van der Waals surface area contributed by atoms with Crippen molar-refractivity contribution in [1.29, 1.82) is 0 Å². The van der Waals surface area contributed by atoms with Gasteiger partial charge in [0.25, 0.3) is 0 Å². The fraction of sp³-hybridized carbons (Fsp3) is 0.261. The van der Waals surface area contributed by atoms with Crippen LogP contribution in [0, 0.1) is 11.7 Å². The molecule has 0 aliphatic rings. The maximum Gasteiger partial charge on any atom is 0.351 e. The third-order valence-electron chi connectivity index (χ3n) is 4.62. The molecule has 0 aliphatic heterocycles. The first kappa shape index (κ1) is 21.2. The van der Waals surface area contributed by atoms with Gasteiger partial charge in [0, 0.05) is 12.0 Å². The highest BCUT2D eigenvalue weighted by molar-refractivity contribution is 5.79. The van der Waals surface area contributed by atoms with E-state index in [4.69, 9.17) is 4.74 Å². The fourth-order valence-electron chi connectivity index (χ4n) is 3.17. The number of rotatable bonds is 8. The molecular weight excluding hydrogens is 385 g/mol. The quantitative estimate of drug-likeness (QED) is 0.562. The molecule has 156 valence electrons. The number of halogens is 1. The maximum absolute atomic E-state index is 13.9. The van der Waals surface area contributed by atoms with Crippen LogP contribution in [0.15, 0.2) is 53.8 Å².